The van der Waals surface area contributed by atoms with Crippen LogP contribution in [0.2, 0.25) is 0 Å². The van der Waals surface area contributed by atoms with Gasteiger partial charge in [0.1, 0.15) is 5.75 Å². The van der Waals surface area contributed by atoms with E-state index in [4.69, 9.17) is 4.74 Å². The molecule has 2 unspecified atom stereocenters. The van der Waals surface area contributed by atoms with Crippen molar-refractivity contribution in [1.29, 1.82) is 0 Å². The van der Waals surface area contributed by atoms with E-state index in [2.05, 4.69) is 65.7 Å². The fourth-order valence-electron chi connectivity index (χ4n) is 4.28. The van der Waals surface area contributed by atoms with Crippen LogP contribution < -0.4 is 4.74 Å². The predicted molar refractivity (Wildman–Crippen MR) is 106 cm³/mol. The molecule has 4 heteroatoms. The average Bonchev–Trinajstić information content (AvgIpc) is 2.97. The van der Waals surface area contributed by atoms with Gasteiger partial charge in [-0.05, 0) is 68.8 Å². The molecule has 0 bridgehead atoms. The van der Waals surface area contributed by atoms with Crippen LogP contribution in [0.5, 0.6) is 5.75 Å². The summed E-state index contributed by atoms with van der Waals surface area (Å²) < 4.78 is 8.04. The molecule has 26 heavy (non-hydrogen) atoms. The molecule has 3 aromatic rings. The van der Waals surface area contributed by atoms with Gasteiger partial charge in [0.25, 0.3) is 0 Å². The minimum Gasteiger partial charge on any atom is -0.497 e. The Morgan fingerprint density at radius 3 is 2.65 bits per heavy atom. The molecule has 1 aliphatic rings. The lowest BCUT2D eigenvalue weighted by Gasteiger charge is -2.37. The van der Waals surface area contributed by atoms with E-state index < -0.39 is 0 Å². The Kier molecular flexibility index (Phi) is 4.45. The molecule has 136 valence electrons. The van der Waals surface area contributed by atoms with Gasteiger partial charge in [-0.25, -0.2) is 0 Å². The Hall–Kier alpha value is -2.33. The first-order valence-electron chi connectivity index (χ1n) is 9.40. The zero-order valence-corrected chi connectivity index (χ0v) is 16.1. The highest BCUT2D eigenvalue weighted by Crippen LogP contribution is 2.40. The van der Waals surface area contributed by atoms with Crippen molar-refractivity contribution >= 4 is 10.9 Å². The molecule has 0 saturated carbocycles. The minimum atomic E-state index is 0.408. The van der Waals surface area contributed by atoms with Gasteiger partial charge in [0.05, 0.1) is 7.11 Å². The number of aromatic nitrogens is 2. The lowest BCUT2D eigenvalue weighted by Crippen LogP contribution is -2.38. The van der Waals surface area contributed by atoms with Crippen molar-refractivity contribution in [2.24, 2.45) is 0 Å². The van der Waals surface area contributed by atoms with E-state index in [1.807, 2.05) is 12.4 Å². The summed E-state index contributed by atoms with van der Waals surface area (Å²) in [6.07, 6.45) is 5.86. The first-order chi connectivity index (χ1) is 12.6. The average molecular weight is 349 g/mol. The second-order valence-electron chi connectivity index (χ2n) is 7.40. The largest absolute Gasteiger partial charge is 0.497 e. The van der Waals surface area contributed by atoms with Crippen LogP contribution in [0.25, 0.3) is 10.9 Å². The SMILES string of the molecule is COc1ccc2c(c1)c1c(n2CCc2ccncc2)CC(C)N(C)C1C. The number of benzene rings is 1. The second-order valence-corrected chi connectivity index (χ2v) is 7.40. The molecule has 0 N–H and O–H groups in total. The van der Waals surface area contributed by atoms with Crippen LogP contribution in [0.15, 0.2) is 42.7 Å². The molecule has 3 heterocycles. The topological polar surface area (TPSA) is 30.3 Å². The third-order valence-corrected chi connectivity index (χ3v) is 6.01. The van der Waals surface area contributed by atoms with Crippen molar-refractivity contribution in [2.75, 3.05) is 14.2 Å². The van der Waals surface area contributed by atoms with Crippen molar-refractivity contribution in [2.45, 2.75) is 45.3 Å². The number of ether oxygens (including phenoxy) is 1. The number of pyridine rings is 1. The van der Waals surface area contributed by atoms with Crippen molar-refractivity contribution in [3.05, 3.63) is 59.5 Å². The maximum atomic E-state index is 5.51. The number of methoxy groups -OCH3 is 1. The fraction of sp³-hybridized carbons (Fsp3) is 0.409. The third kappa shape index (κ3) is 2.78. The van der Waals surface area contributed by atoms with Crippen molar-refractivity contribution < 1.29 is 4.74 Å². The highest BCUT2D eigenvalue weighted by atomic mass is 16.5. The number of hydrogen-bond donors (Lipinski definition) is 0. The summed E-state index contributed by atoms with van der Waals surface area (Å²) in [6.45, 7) is 5.64. The maximum Gasteiger partial charge on any atom is 0.119 e. The number of fused-ring (bicyclic) bond motifs is 3. The smallest absolute Gasteiger partial charge is 0.119 e. The molecular formula is C22H27N3O. The Bertz CT molecular complexity index is 916. The van der Waals surface area contributed by atoms with Gasteiger partial charge < -0.3 is 9.30 Å². The molecule has 1 aliphatic heterocycles. The molecule has 2 atom stereocenters. The van der Waals surface area contributed by atoms with E-state index >= 15 is 0 Å². The van der Waals surface area contributed by atoms with Crippen LogP contribution in [0.3, 0.4) is 0 Å². The van der Waals surface area contributed by atoms with Crippen LogP contribution in [0.1, 0.15) is 36.7 Å². The van der Waals surface area contributed by atoms with Crippen LogP contribution in [0, 0.1) is 0 Å². The number of aryl methyl sites for hydroxylation is 2. The number of hydrogen-bond acceptors (Lipinski definition) is 3. The molecule has 0 saturated heterocycles. The van der Waals surface area contributed by atoms with E-state index in [1.54, 1.807) is 7.11 Å². The maximum absolute atomic E-state index is 5.51. The van der Waals surface area contributed by atoms with Crippen LogP contribution in [-0.2, 0) is 19.4 Å². The van der Waals surface area contributed by atoms with E-state index in [9.17, 15) is 0 Å². The van der Waals surface area contributed by atoms with Crippen LogP contribution in [0.4, 0.5) is 0 Å². The Morgan fingerprint density at radius 1 is 1.15 bits per heavy atom. The monoisotopic (exact) mass is 349 g/mol. The molecule has 4 nitrogen and oxygen atoms in total. The van der Waals surface area contributed by atoms with Crippen molar-refractivity contribution in [1.82, 2.24) is 14.5 Å². The zero-order valence-electron chi connectivity index (χ0n) is 16.1. The summed E-state index contributed by atoms with van der Waals surface area (Å²) in [6, 6.07) is 11.7. The van der Waals surface area contributed by atoms with Crippen molar-refractivity contribution in [3.63, 3.8) is 0 Å². The van der Waals surface area contributed by atoms with Gasteiger partial charge in [-0.2, -0.15) is 0 Å². The van der Waals surface area contributed by atoms with E-state index in [1.165, 1.54) is 27.7 Å². The number of rotatable bonds is 4. The second kappa shape index (κ2) is 6.76. The Labute approximate surface area is 155 Å². The zero-order chi connectivity index (χ0) is 18.3. The molecule has 1 aromatic carbocycles. The van der Waals surface area contributed by atoms with Gasteiger partial charge in [-0.15, -0.1) is 0 Å². The van der Waals surface area contributed by atoms with Gasteiger partial charge in [0.2, 0.25) is 0 Å². The van der Waals surface area contributed by atoms with Crippen LogP contribution in [-0.4, -0.2) is 34.7 Å². The van der Waals surface area contributed by atoms with Crippen molar-refractivity contribution in [3.8, 4) is 5.75 Å². The molecule has 0 fully saturated rings. The molecule has 4 rings (SSSR count). The molecule has 2 aromatic heterocycles. The Morgan fingerprint density at radius 2 is 1.92 bits per heavy atom. The quantitative estimate of drug-likeness (QED) is 0.706. The normalized spacial score (nSPS) is 20.3. The van der Waals surface area contributed by atoms with E-state index in [-0.39, 0.29) is 0 Å². The van der Waals surface area contributed by atoms with Crippen LogP contribution >= 0.6 is 0 Å². The van der Waals surface area contributed by atoms with Gasteiger partial charge in [-0.3, -0.25) is 9.88 Å². The summed E-state index contributed by atoms with van der Waals surface area (Å²) in [5, 5.41) is 1.33. The highest BCUT2D eigenvalue weighted by Gasteiger charge is 2.31. The highest BCUT2D eigenvalue weighted by molar-refractivity contribution is 5.87. The minimum absolute atomic E-state index is 0.408. The first kappa shape index (κ1) is 17.1. The summed E-state index contributed by atoms with van der Waals surface area (Å²) in [4.78, 5) is 6.61. The summed E-state index contributed by atoms with van der Waals surface area (Å²) in [5.41, 5.74) is 5.60. The molecule has 0 spiro atoms. The summed E-state index contributed by atoms with van der Waals surface area (Å²) >= 11 is 0. The summed E-state index contributed by atoms with van der Waals surface area (Å²) in [5.74, 6) is 0.931. The lowest BCUT2D eigenvalue weighted by atomic mass is 9.93. The molecule has 0 radical (unpaired) electrons. The molecule has 0 amide bonds. The number of nitrogens with zero attached hydrogens (tertiary/aromatic N) is 3. The van der Waals surface area contributed by atoms with E-state index in [0.29, 0.717) is 12.1 Å². The standard InChI is InChI=1S/C22H27N3O/c1-15-13-21-22(16(2)24(15)3)19-14-18(26-4)5-6-20(19)25(21)12-9-17-7-10-23-11-8-17/h5-8,10-11,14-16H,9,12-13H2,1-4H3. The number of likely N-dealkylation sites (N-methyl/N-ethyl adjacent to an activating group) is 1. The van der Waals surface area contributed by atoms with Gasteiger partial charge >= 0.3 is 0 Å². The first-order valence-corrected chi connectivity index (χ1v) is 9.40. The Balaban J connectivity index is 1.82. The fourth-order valence-corrected chi connectivity index (χ4v) is 4.28. The summed E-state index contributed by atoms with van der Waals surface area (Å²) in [7, 11) is 3.98. The van der Waals surface area contributed by atoms with Gasteiger partial charge in [0.15, 0.2) is 0 Å². The molecule has 0 aliphatic carbocycles. The third-order valence-electron chi connectivity index (χ3n) is 6.01. The lowest BCUT2D eigenvalue weighted by molar-refractivity contribution is 0.177. The molecular weight excluding hydrogens is 322 g/mol. The predicted octanol–water partition coefficient (Wildman–Crippen LogP) is 4.23. The van der Waals surface area contributed by atoms with Gasteiger partial charge in [-0.1, -0.05) is 0 Å². The van der Waals surface area contributed by atoms with Gasteiger partial charge in [0, 0.05) is 54.0 Å². The van der Waals surface area contributed by atoms with E-state index in [0.717, 1.165) is 25.1 Å².